The number of amides is 2. The maximum absolute atomic E-state index is 15.1. The lowest BCUT2D eigenvalue weighted by atomic mass is 10.0. The minimum Gasteiger partial charge on any atom is -0.471 e. The quantitative estimate of drug-likeness (QED) is 0.368. The van der Waals surface area contributed by atoms with Gasteiger partial charge >= 0.3 is 6.36 Å². The first-order valence-electron chi connectivity index (χ1n) is 12.8. The van der Waals surface area contributed by atoms with Gasteiger partial charge in [0.2, 0.25) is 11.8 Å². The van der Waals surface area contributed by atoms with Gasteiger partial charge in [0, 0.05) is 37.5 Å². The molecule has 3 aromatic rings. The van der Waals surface area contributed by atoms with Crippen LogP contribution in [0.4, 0.5) is 17.6 Å². The second-order valence-corrected chi connectivity index (χ2v) is 9.46. The normalized spacial score (nSPS) is 17.5. The predicted octanol–water partition coefficient (Wildman–Crippen LogP) is 4.30. The average molecular weight is 564 g/mol. The second-order valence-electron chi connectivity index (χ2n) is 9.46. The fourth-order valence-electron chi connectivity index (χ4n) is 4.32. The van der Waals surface area contributed by atoms with Crippen LogP contribution in [0, 0.1) is 0 Å². The molecule has 214 valence electrons. The van der Waals surface area contributed by atoms with Crippen LogP contribution in [0.25, 0.3) is 11.3 Å². The molecule has 2 amide bonds. The molecule has 2 aromatic heterocycles. The van der Waals surface area contributed by atoms with Gasteiger partial charge in [-0.15, -0.1) is 13.2 Å². The van der Waals surface area contributed by atoms with Crippen molar-refractivity contribution >= 4 is 11.8 Å². The molecule has 0 unspecified atom stereocenters. The van der Waals surface area contributed by atoms with E-state index in [1.165, 1.54) is 29.3 Å². The van der Waals surface area contributed by atoms with E-state index in [2.05, 4.69) is 21.6 Å². The third-order valence-corrected chi connectivity index (χ3v) is 6.43. The molecule has 0 radical (unpaired) electrons. The number of unbranched alkanes of at least 4 members (excludes halogenated alkanes) is 1. The molecule has 0 bridgehead atoms. The number of hydrogen-bond acceptors (Lipinski definition) is 6. The molecular weight excluding hydrogens is 534 g/mol. The number of halogens is 4. The molecule has 0 aliphatic carbocycles. The summed E-state index contributed by atoms with van der Waals surface area (Å²) in [5.41, 5.74) is 7.17. The number of alkyl halides is 4. The number of aryl methyl sites for hydroxylation is 1. The van der Waals surface area contributed by atoms with Gasteiger partial charge in [0.15, 0.2) is 6.17 Å². The van der Waals surface area contributed by atoms with Gasteiger partial charge in [0.1, 0.15) is 17.4 Å². The van der Waals surface area contributed by atoms with Crippen molar-refractivity contribution < 1.29 is 36.6 Å². The Balaban J connectivity index is 1.36. The molecule has 1 saturated heterocycles. The highest BCUT2D eigenvalue weighted by molar-refractivity contribution is 5.96. The molecule has 1 aliphatic rings. The number of benzene rings is 1. The zero-order valence-electron chi connectivity index (χ0n) is 21.7. The van der Waals surface area contributed by atoms with Crippen LogP contribution in [-0.2, 0) is 17.8 Å². The Labute approximate surface area is 227 Å². The summed E-state index contributed by atoms with van der Waals surface area (Å²) in [5.74, 6) is -1.67. The number of carbonyl (C=O) groups excluding carboxylic acids is 2. The van der Waals surface area contributed by atoms with Crippen molar-refractivity contribution in [3.8, 4) is 22.9 Å². The van der Waals surface area contributed by atoms with Crippen molar-refractivity contribution in [1.29, 1.82) is 0 Å². The Morgan fingerprint density at radius 3 is 2.58 bits per heavy atom. The Bertz CT molecular complexity index is 1330. The molecule has 2 N–H and O–H groups in total. The van der Waals surface area contributed by atoms with Gasteiger partial charge in [-0.3, -0.25) is 9.59 Å². The molecule has 9 nitrogen and oxygen atoms in total. The molecular formula is C27H29F4N5O4. The third kappa shape index (κ3) is 7.48. The van der Waals surface area contributed by atoms with Gasteiger partial charge in [-0.2, -0.15) is 0 Å². The van der Waals surface area contributed by atoms with Crippen molar-refractivity contribution in [1.82, 2.24) is 19.4 Å². The number of nitrogens with zero attached hydrogens (tertiary/aromatic N) is 4. The van der Waals surface area contributed by atoms with Gasteiger partial charge in [0.25, 0.3) is 5.91 Å². The predicted molar refractivity (Wildman–Crippen MR) is 136 cm³/mol. The van der Waals surface area contributed by atoms with Gasteiger partial charge in [-0.25, -0.2) is 14.4 Å². The minimum absolute atomic E-state index is 0.00994. The average Bonchev–Trinajstić information content (AvgIpc) is 3.38. The van der Waals surface area contributed by atoms with Crippen LogP contribution in [0.5, 0.6) is 11.6 Å². The summed E-state index contributed by atoms with van der Waals surface area (Å²) in [6.45, 7) is 2.82. The highest BCUT2D eigenvalue weighted by atomic mass is 19.4. The number of carbonyl (C=O) groups is 2. The van der Waals surface area contributed by atoms with E-state index in [1.807, 2.05) is 10.8 Å². The third-order valence-electron chi connectivity index (χ3n) is 6.43. The van der Waals surface area contributed by atoms with Crippen LogP contribution in [0.3, 0.4) is 0 Å². The summed E-state index contributed by atoms with van der Waals surface area (Å²) in [6, 6.07) is 6.42. The first-order valence-corrected chi connectivity index (χ1v) is 12.8. The van der Waals surface area contributed by atoms with Gasteiger partial charge in [-0.1, -0.05) is 25.5 Å². The summed E-state index contributed by atoms with van der Waals surface area (Å²) in [4.78, 5) is 34.7. The van der Waals surface area contributed by atoms with E-state index in [-0.39, 0.29) is 43.3 Å². The van der Waals surface area contributed by atoms with Crippen LogP contribution >= 0.6 is 0 Å². The number of pyridine rings is 1. The maximum atomic E-state index is 15.1. The van der Waals surface area contributed by atoms with Crippen molar-refractivity contribution in [2.75, 3.05) is 13.1 Å². The molecule has 1 aromatic carbocycles. The fraction of sp³-hybridized carbons (Fsp3) is 0.407. The summed E-state index contributed by atoms with van der Waals surface area (Å²) in [6.07, 6.45) is -0.290. The Morgan fingerprint density at radius 2 is 1.93 bits per heavy atom. The number of nitrogens with two attached hydrogens (primary N) is 1. The second kappa shape index (κ2) is 12.3. The summed E-state index contributed by atoms with van der Waals surface area (Å²) in [5, 5.41) is 0. The van der Waals surface area contributed by atoms with E-state index < -0.39 is 30.3 Å². The molecule has 2 atom stereocenters. The Hall–Kier alpha value is -4.16. The van der Waals surface area contributed by atoms with Crippen molar-refractivity contribution in [3.05, 3.63) is 60.2 Å². The molecule has 3 heterocycles. The van der Waals surface area contributed by atoms with Crippen LogP contribution in [0.15, 0.2) is 49.1 Å². The van der Waals surface area contributed by atoms with E-state index in [9.17, 15) is 22.8 Å². The zero-order chi connectivity index (χ0) is 28.9. The first kappa shape index (κ1) is 28.8. The summed E-state index contributed by atoms with van der Waals surface area (Å²) >= 11 is 0. The van der Waals surface area contributed by atoms with Crippen LogP contribution < -0.4 is 15.2 Å². The number of hydrogen-bond donors (Lipinski definition) is 1. The largest absolute Gasteiger partial charge is 0.573 e. The monoisotopic (exact) mass is 563 g/mol. The molecule has 40 heavy (non-hydrogen) atoms. The zero-order valence-corrected chi connectivity index (χ0v) is 21.7. The van der Waals surface area contributed by atoms with E-state index in [0.29, 0.717) is 16.8 Å². The van der Waals surface area contributed by atoms with E-state index in [4.69, 9.17) is 10.5 Å². The lowest BCUT2D eigenvalue weighted by Crippen LogP contribution is -2.49. The molecule has 0 saturated carbocycles. The van der Waals surface area contributed by atoms with Crippen molar-refractivity contribution in [2.24, 2.45) is 5.73 Å². The van der Waals surface area contributed by atoms with Crippen LogP contribution in [-0.4, -0.2) is 63.0 Å². The summed E-state index contributed by atoms with van der Waals surface area (Å²) < 4.78 is 63.6. The first-order chi connectivity index (χ1) is 19.0. The number of imidazole rings is 1. The molecule has 0 spiro atoms. The van der Waals surface area contributed by atoms with Crippen molar-refractivity contribution in [3.63, 3.8) is 0 Å². The number of likely N-dealkylation sites (tertiary alicyclic amines) is 1. The molecule has 4 rings (SSSR count). The summed E-state index contributed by atoms with van der Waals surface area (Å²) in [7, 11) is 0. The van der Waals surface area contributed by atoms with E-state index in [1.54, 1.807) is 6.33 Å². The highest BCUT2D eigenvalue weighted by Crippen LogP contribution is 2.27. The van der Waals surface area contributed by atoms with Crippen LogP contribution in [0.2, 0.25) is 0 Å². The lowest BCUT2D eigenvalue weighted by Gasteiger charge is -2.34. The van der Waals surface area contributed by atoms with Gasteiger partial charge in [0.05, 0.1) is 25.0 Å². The molecule has 1 aliphatic heterocycles. The van der Waals surface area contributed by atoms with Gasteiger partial charge < -0.3 is 24.7 Å². The standard InChI is InChI=1S/C27H29F4N5O4/c1-2-3-9-35-15-22(34-16-35)18-12-20(25(32)38)26(33-13-18)39-23-8-10-36(14-21(23)28)24(37)11-17-4-6-19(7-5-17)40-27(29,30)31/h4-7,12-13,15-16,21,23H,2-3,8-11,14H2,1H3,(H2,32,38)/t21-,23-/m1/s1. The fourth-order valence-corrected chi connectivity index (χ4v) is 4.32. The number of primary amides is 1. The topological polar surface area (TPSA) is 113 Å². The molecule has 1 fully saturated rings. The number of piperidine rings is 1. The van der Waals surface area contributed by atoms with E-state index in [0.717, 1.165) is 31.5 Å². The van der Waals surface area contributed by atoms with E-state index >= 15 is 4.39 Å². The SMILES string of the molecule is CCCCn1cnc(-c2cnc(O[C@@H]3CCN(C(=O)Cc4ccc(OC(F)(F)F)cc4)C[C@H]3F)c(C(N)=O)c2)c1. The number of aromatic nitrogens is 3. The van der Waals surface area contributed by atoms with Crippen molar-refractivity contribution in [2.45, 2.75) is 57.8 Å². The minimum atomic E-state index is -4.81. The van der Waals surface area contributed by atoms with Crippen LogP contribution in [0.1, 0.15) is 42.1 Å². The van der Waals surface area contributed by atoms with Gasteiger partial charge in [-0.05, 0) is 30.2 Å². The number of ether oxygens (including phenoxy) is 2. The Kier molecular flexibility index (Phi) is 8.90. The number of rotatable bonds is 10. The lowest BCUT2D eigenvalue weighted by molar-refractivity contribution is -0.274. The maximum Gasteiger partial charge on any atom is 0.573 e. The highest BCUT2D eigenvalue weighted by Gasteiger charge is 2.34. The smallest absolute Gasteiger partial charge is 0.471 e. The molecule has 13 heteroatoms. The Morgan fingerprint density at radius 1 is 1.18 bits per heavy atom.